The molecule has 0 atom stereocenters. The first-order valence-corrected chi connectivity index (χ1v) is 5.15. The Morgan fingerprint density at radius 1 is 1.35 bits per heavy atom. The second-order valence-corrected chi connectivity index (χ2v) is 3.66. The van der Waals surface area contributed by atoms with E-state index >= 15 is 0 Å². The Morgan fingerprint density at radius 2 is 1.94 bits per heavy atom. The van der Waals surface area contributed by atoms with Crippen molar-refractivity contribution in [2.75, 3.05) is 39.4 Å². The van der Waals surface area contributed by atoms with Gasteiger partial charge in [0.15, 0.2) is 0 Å². The zero-order chi connectivity index (χ0) is 12.9. The average molecular weight is 258 g/mol. The van der Waals surface area contributed by atoms with E-state index in [1.165, 1.54) is 4.90 Å². The number of amides is 1. The van der Waals surface area contributed by atoms with Crippen LogP contribution in [0.5, 0.6) is 0 Å². The highest BCUT2D eigenvalue weighted by Gasteiger charge is 2.40. The first-order valence-electron chi connectivity index (χ1n) is 5.15. The van der Waals surface area contributed by atoms with Crippen LogP contribution in [-0.2, 0) is 9.53 Å². The van der Waals surface area contributed by atoms with Crippen LogP contribution in [0.15, 0.2) is 0 Å². The standard InChI is InChI=1S/C9H14F4N2O2/c10-8(11)9(12,13)6-14-5-7(16)15-1-3-17-4-2-15/h8,14H,1-6H2. The molecule has 1 aliphatic rings. The van der Waals surface area contributed by atoms with Crippen molar-refractivity contribution >= 4 is 5.91 Å². The third kappa shape index (κ3) is 4.47. The lowest BCUT2D eigenvalue weighted by atomic mass is 10.3. The lowest BCUT2D eigenvalue weighted by Gasteiger charge is -2.27. The van der Waals surface area contributed by atoms with Gasteiger partial charge in [0.1, 0.15) is 0 Å². The van der Waals surface area contributed by atoms with Crippen LogP contribution in [0.25, 0.3) is 0 Å². The van der Waals surface area contributed by atoms with Crippen molar-refractivity contribution in [2.45, 2.75) is 12.3 Å². The van der Waals surface area contributed by atoms with Crippen molar-refractivity contribution in [3.8, 4) is 0 Å². The fourth-order valence-corrected chi connectivity index (χ4v) is 1.34. The topological polar surface area (TPSA) is 41.6 Å². The van der Waals surface area contributed by atoms with Crippen LogP contribution in [0.3, 0.4) is 0 Å². The summed E-state index contributed by atoms with van der Waals surface area (Å²) in [6.45, 7) is 0.0123. The fraction of sp³-hybridized carbons (Fsp3) is 0.889. The Morgan fingerprint density at radius 3 is 2.47 bits per heavy atom. The zero-order valence-electron chi connectivity index (χ0n) is 9.10. The molecule has 1 N–H and O–H groups in total. The van der Waals surface area contributed by atoms with E-state index in [-0.39, 0.29) is 6.54 Å². The molecule has 0 spiro atoms. The largest absolute Gasteiger partial charge is 0.378 e. The number of morpholine rings is 1. The Labute approximate surface area is 95.9 Å². The van der Waals surface area contributed by atoms with Gasteiger partial charge in [0.2, 0.25) is 5.91 Å². The predicted molar refractivity (Wildman–Crippen MR) is 51.2 cm³/mol. The number of alkyl halides is 4. The zero-order valence-corrected chi connectivity index (χ0v) is 9.10. The number of hydrogen-bond donors (Lipinski definition) is 1. The Balaban J connectivity index is 2.24. The van der Waals surface area contributed by atoms with E-state index in [4.69, 9.17) is 4.74 Å². The molecule has 0 saturated carbocycles. The molecule has 1 saturated heterocycles. The molecular formula is C9H14F4N2O2. The van der Waals surface area contributed by atoms with Gasteiger partial charge in [-0.25, -0.2) is 8.78 Å². The summed E-state index contributed by atoms with van der Waals surface area (Å²) in [7, 11) is 0. The number of ether oxygens (including phenoxy) is 1. The van der Waals surface area contributed by atoms with Gasteiger partial charge in [0.05, 0.1) is 26.3 Å². The van der Waals surface area contributed by atoms with Gasteiger partial charge >= 0.3 is 12.3 Å². The molecule has 0 aliphatic carbocycles. The Kier molecular flexibility index (Phi) is 5.13. The first kappa shape index (κ1) is 14.2. The van der Waals surface area contributed by atoms with E-state index in [9.17, 15) is 22.4 Å². The molecule has 0 bridgehead atoms. The van der Waals surface area contributed by atoms with Crippen LogP contribution in [0.4, 0.5) is 17.6 Å². The summed E-state index contributed by atoms with van der Waals surface area (Å²) in [4.78, 5) is 12.9. The molecule has 100 valence electrons. The third-order valence-corrected chi connectivity index (χ3v) is 2.32. The number of rotatable bonds is 5. The lowest BCUT2D eigenvalue weighted by molar-refractivity contribution is -0.137. The summed E-state index contributed by atoms with van der Waals surface area (Å²) >= 11 is 0. The second kappa shape index (κ2) is 6.15. The molecule has 1 rings (SSSR count). The molecule has 0 radical (unpaired) electrons. The summed E-state index contributed by atoms with van der Waals surface area (Å²) in [5.74, 6) is -4.50. The molecule has 0 unspecified atom stereocenters. The molecule has 0 aromatic heterocycles. The van der Waals surface area contributed by atoms with Crippen molar-refractivity contribution in [1.29, 1.82) is 0 Å². The summed E-state index contributed by atoms with van der Waals surface area (Å²) < 4.78 is 53.5. The molecule has 1 heterocycles. The van der Waals surface area contributed by atoms with Crippen molar-refractivity contribution in [1.82, 2.24) is 10.2 Å². The number of halogens is 4. The normalized spacial score (nSPS) is 17.6. The maximum Gasteiger partial charge on any atom is 0.319 e. The average Bonchev–Trinajstić information content (AvgIpc) is 2.29. The summed E-state index contributed by atoms with van der Waals surface area (Å²) in [6, 6.07) is 0. The SMILES string of the molecule is O=C(CNCC(F)(F)C(F)F)N1CCOCC1. The van der Waals surface area contributed by atoms with E-state index in [0.29, 0.717) is 26.3 Å². The molecule has 1 amide bonds. The molecular weight excluding hydrogens is 244 g/mol. The monoisotopic (exact) mass is 258 g/mol. The highest BCUT2D eigenvalue weighted by Crippen LogP contribution is 2.21. The van der Waals surface area contributed by atoms with Gasteiger partial charge < -0.3 is 15.0 Å². The van der Waals surface area contributed by atoms with Gasteiger partial charge in [-0.05, 0) is 0 Å². The van der Waals surface area contributed by atoms with Crippen molar-refractivity contribution in [3.63, 3.8) is 0 Å². The van der Waals surface area contributed by atoms with E-state index in [1.807, 2.05) is 5.32 Å². The molecule has 1 aliphatic heterocycles. The highest BCUT2D eigenvalue weighted by molar-refractivity contribution is 5.78. The van der Waals surface area contributed by atoms with Crippen LogP contribution in [-0.4, -0.2) is 62.5 Å². The van der Waals surface area contributed by atoms with E-state index < -0.39 is 24.8 Å². The van der Waals surface area contributed by atoms with Gasteiger partial charge in [-0.15, -0.1) is 0 Å². The van der Waals surface area contributed by atoms with Gasteiger partial charge in [0.25, 0.3) is 0 Å². The number of carbonyl (C=O) groups excluding carboxylic acids is 1. The van der Waals surface area contributed by atoms with Crippen LogP contribution in [0, 0.1) is 0 Å². The van der Waals surface area contributed by atoms with Crippen LogP contribution in [0.1, 0.15) is 0 Å². The van der Waals surface area contributed by atoms with Gasteiger partial charge in [-0.2, -0.15) is 8.78 Å². The quantitative estimate of drug-likeness (QED) is 0.723. The fourth-order valence-electron chi connectivity index (χ4n) is 1.34. The van der Waals surface area contributed by atoms with E-state index in [0.717, 1.165) is 0 Å². The number of hydrogen-bond acceptors (Lipinski definition) is 3. The minimum absolute atomic E-state index is 0.373. The third-order valence-electron chi connectivity index (χ3n) is 2.32. The van der Waals surface area contributed by atoms with Crippen molar-refractivity contribution in [3.05, 3.63) is 0 Å². The minimum atomic E-state index is -4.11. The highest BCUT2D eigenvalue weighted by atomic mass is 19.3. The molecule has 4 nitrogen and oxygen atoms in total. The molecule has 1 fully saturated rings. The summed E-state index contributed by atoms with van der Waals surface area (Å²) in [5.41, 5.74) is 0. The van der Waals surface area contributed by atoms with Gasteiger partial charge in [0, 0.05) is 13.1 Å². The smallest absolute Gasteiger partial charge is 0.319 e. The summed E-state index contributed by atoms with van der Waals surface area (Å²) in [6.07, 6.45) is -3.73. The number of nitrogens with zero attached hydrogens (tertiary/aromatic N) is 1. The van der Waals surface area contributed by atoms with E-state index in [2.05, 4.69) is 0 Å². The maximum atomic E-state index is 12.5. The predicted octanol–water partition coefficient (Wildman–Crippen LogP) is 0.335. The molecule has 0 aromatic rings. The maximum absolute atomic E-state index is 12.5. The number of nitrogens with one attached hydrogen (secondary N) is 1. The van der Waals surface area contributed by atoms with Crippen LogP contribution >= 0.6 is 0 Å². The molecule has 0 aromatic carbocycles. The first-order chi connectivity index (χ1) is 7.93. The van der Waals surface area contributed by atoms with Crippen molar-refractivity contribution in [2.24, 2.45) is 0 Å². The van der Waals surface area contributed by atoms with Crippen molar-refractivity contribution < 1.29 is 27.1 Å². The summed E-state index contributed by atoms with van der Waals surface area (Å²) in [5, 5.41) is 2.04. The van der Waals surface area contributed by atoms with E-state index in [1.54, 1.807) is 0 Å². The Bertz CT molecular complexity index is 257. The second-order valence-electron chi connectivity index (χ2n) is 3.66. The number of carbonyl (C=O) groups is 1. The van der Waals surface area contributed by atoms with Gasteiger partial charge in [-0.1, -0.05) is 0 Å². The Hall–Kier alpha value is -0.890. The van der Waals surface area contributed by atoms with Gasteiger partial charge in [-0.3, -0.25) is 4.79 Å². The lowest BCUT2D eigenvalue weighted by Crippen LogP contribution is -2.47. The minimum Gasteiger partial charge on any atom is -0.378 e. The molecule has 8 heteroatoms. The van der Waals surface area contributed by atoms with Crippen LogP contribution in [0.2, 0.25) is 0 Å². The molecule has 17 heavy (non-hydrogen) atoms. The van der Waals surface area contributed by atoms with Crippen LogP contribution < -0.4 is 5.32 Å².